The summed E-state index contributed by atoms with van der Waals surface area (Å²) >= 11 is 0. The topological polar surface area (TPSA) is 108 Å². The van der Waals surface area contributed by atoms with Crippen molar-refractivity contribution in [1.82, 2.24) is 15.3 Å². The minimum Gasteiger partial charge on any atom is -0.474 e. The molecule has 26 heavy (non-hydrogen) atoms. The van der Waals surface area contributed by atoms with Crippen molar-refractivity contribution in [2.24, 2.45) is 0 Å². The normalized spacial score (nSPS) is 10.5. The van der Waals surface area contributed by atoms with Crippen LogP contribution in [0.2, 0.25) is 0 Å². The van der Waals surface area contributed by atoms with Gasteiger partial charge in [0.25, 0.3) is 11.5 Å². The Labute approximate surface area is 152 Å². The van der Waals surface area contributed by atoms with E-state index in [2.05, 4.69) is 15.3 Å². The average molecular weight is 354 g/mol. The van der Waals surface area contributed by atoms with Crippen molar-refractivity contribution >= 4 is 5.91 Å². The Kier molecular flexibility index (Phi) is 5.78. The van der Waals surface area contributed by atoms with Gasteiger partial charge in [-0.3, -0.25) is 9.59 Å². The molecule has 0 fully saturated rings. The van der Waals surface area contributed by atoms with E-state index in [0.29, 0.717) is 11.3 Å². The first-order valence-corrected chi connectivity index (χ1v) is 8.29. The molecule has 0 saturated carbocycles. The molecule has 2 aromatic heterocycles. The van der Waals surface area contributed by atoms with Gasteiger partial charge in [0.1, 0.15) is 11.6 Å². The van der Waals surface area contributed by atoms with Gasteiger partial charge in [-0.1, -0.05) is 0 Å². The van der Waals surface area contributed by atoms with E-state index >= 15 is 0 Å². The predicted molar refractivity (Wildman–Crippen MR) is 97.2 cm³/mol. The average Bonchev–Trinajstić information content (AvgIpc) is 2.52. The molecule has 0 atom stereocenters. The first-order chi connectivity index (χ1) is 12.2. The third kappa shape index (κ3) is 4.28. The molecule has 2 heterocycles. The maximum atomic E-state index is 12.6. The smallest absolute Gasteiger partial charge is 0.253 e. The van der Waals surface area contributed by atoms with E-state index in [-0.39, 0.29) is 35.2 Å². The van der Waals surface area contributed by atoms with E-state index in [1.54, 1.807) is 13.8 Å². The third-order valence-electron chi connectivity index (χ3n) is 3.74. The lowest BCUT2D eigenvalue weighted by molar-refractivity contribution is 0.0949. The van der Waals surface area contributed by atoms with Gasteiger partial charge in [-0.2, -0.15) is 5.26 Å². The number of hydrogen-bond donors (Lipinski definition) is 2. The van der Waals surface area contributed by atoms with E-state index in [4.69, 9.17) is 4.74 Å². The highest BCUT2D eigenvalue weighted by Crippen LogP contribution is 2.22. The summed E-state index contributed by atoms with van der Waals surface area (Å²) in [5, 5.41) is 12.2. The van der Waals surface area contributed by atoms with Gasteiger partial charge in [0.15, 0.2) is 0 Å². The van der Waals surface area contributed by atoms with Gasteiger partial charge in [0.2, 0.25) is 5.88 Å². The Hall–Kier alpha value is -3.14. The van der Waals surface area contributed by atoms with Crippen LogP contribution in [0.5, 0.6) is 5.88 Å². The molecule has 2 rings (SSSR count). The van der Waals surface area contributed by atoms with Crippen molar-refractivity contribution in [2.75, 3.05) is 0 Å². The van der Waals surface area contributed by atoms with Gasteiger partial charge in [0, 0.05) is 23.5 Å². The predicted octanol–water partition coefficient (Wildman–Crippen LogP) is 2.28. The van der Waals surface area contributed by atoms with Gasteiger partial charge >= 0.3 is 0 Å². The van der Waals surface area contributed by atoms with Gasteiger partial charge < -0.3 is 15.0 Å². The lowest BCUT2D eigenvalue weighted by Gasteiger charge is -2.14. The number of hydrogen-bond acceptors (Lipinski definition) is 5. The number of pyridine rings is 2. The number of nitrogens with one attached hydrogen (secondary N) is 2. The highest BCUT2D eigenvalue weighted by atomic mass is 16.5. The second-order valence-electron chi connectivity index (χ2n) is 6.40. The van der Waals surface area contributed by atoms with Gasteiger partial charge in [0.05, 0.1) is 11.7 Å². The van der Waals surface area contributed by atoms with Crippen molar-refractivity contribution in [1.29, 1.82) is 5.26 Å². The zero-order valence-electron chi connectivity index (χ0n) is 15.6. The number of H-pyrrole nitrogens is 1. The van der Waals surface area contributed by atoms with Crippen molar-refractivity contribution < 1.29 is 9.53 Å². The molecule has 7 nitrogen and oxygen atoms in total. The van der Waals surface area contributed by atoms with Crippen LogP contribution in [0.3, 0.4) is 0 Å². The highest BCUT2D eigenvalue weighted by molar-refractivity contribution is 5.97. The zero-order chi connectivity index (χ0) is 19.4. The summed E-state index contributed by atoms with van der Waals surface area (Å²) in [7, 11) is 0. The molecular formula is C19H22N4O3. The van der Waals surface area contributed by atoms with Gasteiger partial charge in [-0.05, 0) is 52.3 Å². The SMILES string of the molecule is Cc1cc(C(=O)NCc2c(C)cc(C)[nH]c2=O)c(C#N)c(OC(C)C)n1. The van der Waals surface area contributed by atoms with Crippen LogP contribution in [0.15, 0.2) is 16.9 Å². The molecule has 0 aliphatic rings. The fourth-order valence-corrected chi connectivity index (χ4v) is 2.61. The van der Waals surface area contributed by atoms with Crippen LogP contribution in [0, 0.1) is 32.1 Å². The Morgan fingerprint density at radius 1 is 1.35 bits per heavy atom. The summed E-state index contributed by atoms with van der Waals surface area (Å²) in [6.45, 7) is 9.03. The Morgan fingerprint density at radius 3 is 2.62 bits per heavy atom. The van der Waals surface area contributed by atoms with Crippen molar-refractivity contribution in [3.63, 3.8) is 0 Å². The largest absolute Gasteiger partial charge is 0.474 e. The number of nitriles is 1. The standard InChI is InChI=1S/C19H22N4O3/c1-10(2)26-19-15(8-20)14(7-13(5)23-19)17(24)21-9-16-11(3)6-12(4)22-18(16)25/h6-7,10H,9H2,1-5H3,(H,21,24)(H,22,25). The molecule has 2 aromatic rings. The summed E-state index contributed by atoms with van der Waals surface area (Å²) in [6.07, 6.45) is -0.180. The molecule has 0 unspecified atom stereocenters. The number of aromatic nitrogens is 2. The number of aromatic amines is 1. The summed E-state index contributed by atoms with van der Waals surface area (Å²) in [5.41, 5.74) is 2.61. The van der Waals surface area contributed by atoms with Gasteiger partial charge in [-0.15, -0.1) is 0 Å². The van der Waals surface area contributed by atoms with Crippen LogP contribution in [0.4, 0.5) is 0 Å². The first-order valence-electron chi connectivity index (χ1n) is 8.29. The van der Waals surface area contributed by atoms with Gasteiger partial charge in [-0.25, -0.2) is 4.98 Å². The van der Waals surface area contributed by atoms with Crippen molar-refractivity contribution in [3.05, 3.63) is 56.1 Å². The van der Waals surface area contributed by atoms with Crippen molar-refractivity contribution in [2.45, 2.75) is 47.3 Å². The minimum absolute atomic E-state index is 0.0624. The number of rotatable bonds is 5. The molecule has 0 aliphatic carbocycles. The van der Waals surface area contributed by atoms with E-state index in [1.807, 2.05) is 32.9 Å². The number of amides is 1. The zero-order valence-corrected chi connectivity index (χ0v) is 15.6. The molecule has 0 saturated heterocycles. The van der Waals surface area contributed by atoms with Crippen LogP contribution in [0.1, 0.15) is 52.3 Å². The molecule has 0 aromatic carbocycles. The van der Waals surface area contributed by atoms with E-state index in [1.165, 1.54) is 6.07 Å². The highest BCUT2D eigenvalue weighted by Gasteiger charge is 2.19. The molecule has 136 valence electrons. The maximum Gasteiger partial charge on any atom is 0.253 e. The molecule has 7 heteroatoms. The number of carbonyl (C=O) groups excluding carboxylic acids is 1. The van der Waals surface area contributed by atoms with E-state index < -0.39 is 5.91 Å². The third-order valence-corrected chi connectivity index (χ3v) is 3.74. The lowest BCUT2D eigenvalue weighted by Crippen LogP contribution is -2.28. The number of aryl methyl sites for hydroxylation is 3. The quantitative estimate of drug-likeness (QED) is 0.856. The van der Waals surface area contributed by atoms with E-state index in [9.17, 15) is 14.9 Å². The molecule has 0 aliphatic heterocycles. The van der Waals surface area contributed by atoms with E-state index in [0.717, 1.165) is 11.3 Å². The number of nitrogens with zero attached hydrogens (tertiary/aromatic N) is 2. The lowest BCUT2D eigenvalue weighted by atomic mass is 10.1. The van der Waals surface area contributed by atoms with Crippen LogP contribution >= 0.6 is 0 Å². The number of carbonyl (C=O) groups is 1. The Balaban J connectivity index is 2.32. The van der Waals surface area contributed by atoms with Crippen LogP contribution in [-0.4, -0.2) is 22.0 Å². The molecule has 0 radical (unpaired) electrons. The fraction of sp³-hybridized carbons (Fsp3) is 0.368. The minimum atomic E-state index is -0.458. The Bertz CT molecular complexity index is 939. The van der Waals surface area contributed by atoms with Crippen LogP contribution < -0.4 is 15.6 Å². The van der Waals surface area contributed by atoms with Crippen LogP contribution in [0.25, 0.3) is 0 Å². The molecular weight excluding hydrogens is 332 g/mol. The summed E-state index contributed by atoms with van der Waals surface area (Å²) in [6, 6.07) is 5.37. The second-order valence-corrected chi connectivity index (χ2v) is 6.40. The molecule has 0 bridgehead atoms. The molecule has 2 N–H and O–H groups in total. The first kappa shape index (κ1) is 19.2. The number of ether oxygens (including phenoxy) is 1. The van der Waals surface area contributed by atoms with Crippen LogP contribution in [-0.2, 0) is 6.54 Å². The second kappa shape index (κ2) is 7.83. The monoisotopic (exact) mass is 354 g/mol. The summed E-state index contributed by atoms with van der Waals surface area (Å²) in [5.74, 6) is -0.322. The Morgan fingerprint density at radius 2 is 2.04 bits per heavy atom. The molecule has 0 spiro atoms. The summed E-state index contributed by atoms with van der Waals surface area (Å²) < 4.78 is 5.55. The maximum absolute atomic E-state index is 12.6. The summed E-state index contributed by atoms with van der Waals surface area (Å²) in [4.78, 5) is 31.6. The molecule has 1 amide bonds. The van der Waals surface area contributed by atoms with Crippen molar-refractivity contribution in [3.8, 4) is 11.9 Å². The fourth-order valence-electron chi connectivity index (χ4n) is 2.61.